The van der Waals surface area contributed by atoms with Crippen LogP contribution in [0.25, 0.3) is 10.9 Å². The molecule has 0 radical (unpaired) electrons. The van der Waals surface area contributed by atoms with E-state index in [1.165, 1.54) is 18.2 Å². The molecule has 2 N–H and O–H groups in total. The van der Waals surface area contributed by atoms with Gasteiger partial charge in [-0.1, -0.05) is 11.6 Å². The third-order valence-electron chi connectivity index (χ3n) is 4.02. The lowest BCUT2D eigenvalue weighted by Gasteiger charge is -2.26. The first-order valence-corrected chi connectivity index (χ1v) is 9.09. The van der Waals surface area contributed by atoms with Gasteiger partial charge in [0.1, 0.15) is 17.9 Å². The minimum Gasteiger partial charge on any atom is -0.506 e. The summed E-state index contributed by atoms with van der Waals surface area (Å²) in [6.45, 7) is -15.0. The molecule has 31 heavy (non-hydrogen) atoms. The standard InChI is InChI=1S/C22H25ClN4O4/c1-29-20-13-18-16(12-21(20)31-8-2-5-27-6-9-30-10-7-27)22(25-14-24-18)26-15-3-4-19(28)17(23)11-15/h3-4,11-14,28H,2,5-10H2,1H3,(H,24,25,26)/i1D3,2D2,5D2,6D,7D,8D2,9D,10D. The van der Waals surface area contributed by atoms with Crippen molar-refractivity contribution in [2.24, 2.45) is 0 Å². The molecule has 3 aromatic rings. The zero-order chi connectivity index (χ0) is 33.0. The van der Waals surface area contributed by atoms with Crippen LogP contribution >= 0.6 is 11.6 Å². The molecular formula is C22H25ClN4O4. The Morgan fingerprint density at radius 1 is 1.29 bits per heavy atom. The molecule has 1 aliphatic rings. The topological polar surface area (TPSA) is 89.0 Å². The molecule has 164 valence electrons. The molecule has 1 saturated heterocycles. The Morgan fingerprint density at radius 2 is 2.16 bits per heavy atom. The molecule has 1 fully saturated rings. The summed E-state index contributed by atoms with van der Waals surface area (Å²) in [6.07, 6.45) is -2.62. The summed E-state index contributed by atoms with van der Waals surface area (Å²) in [5, 5.41) is 12.7. The molecule has 9 heteroatoms. The van der Waals surface area contributed by atoms with Crippen LogP contribution in [0.15, 0.2) is 36.7 Å². The van der Waals surface area contributed by atoms with Crippen molar-refractivity contribution >= 4 is 34.0 Å². The number of phenols is 1. The number of aromatic hydroxyl groups is 1. The molecule has 0 aliphatic carbocycles. The predicted molar refractivity (Wildman–Crippen MR) is 120 cm³/mol. The van der Waals surface area contributed by atoms with E-state index in [1.807, 2.05) is 0 Å². The Kier molecular flexibility index (Phi) is 3.44. The fourth-order valence-corrected chi connectivity index (χ4v) is 2.76. The highest BCUT2D eigenvalue weighted by Crippen LogP contribution is 2.35. The van der Waals surface area contributed by atoms with Crippen LogP contribution in [0.1, 0.15) is 24.2 Å². The van der Waals surface area contributed by atoms with Crippen molar-refractivity contribution in [2.75, 3.05) is 51.6 Å². The van der Waals surface area contributed by atoms with Crippen molar-refractivity contribution in [1.82, 2.24) is 14.9 Å². The molecular weight excluding hydrogens is 420 g/mol. The molecule has 4 rings (SSSR count). The zero-order valence-electron chi connectivity index (χ0n) is 28.7. The maximum Gasteiger partial charge on any atom is 0.162 e. The van der Waals surface area contributed by atoms with Crippen LogP contribution in [0, 0.1) is 0 Å². The van der Waals surface area contributed by atoms with Gasteiger partial charge < -0.3 is 24.6 Å². The van der Waals surface area contributed by atoms with Crippen LogP contribution in [0.2, 0.25) is 5.02 Å². The number of hydrogen-bond donors (Lipinski definition) is 2. The molecule has 4 unspecified atom stereocenters. The second-order valence-electron chi connectivity index (χ2n) is 5.99. The third kappa shape index (κ3) is 5.28. The number of methoxy groups -OCH3 is 1. The molecule has 8 nitrogen and oxygen atoms in total. The lowest BCUT2D eigenvalue weighted by molar-refractivity contribution is 0.0357. The smallest absolute Gasteiger partial charge is 0.162 e. The van der Waals surface area contributed by atoms with Crippen molar-refractivity contribution < 1.29 is 37.1 Å². The van der Waals surface area contributed by atoms with E-state index in [-0.39, 0.29) is 32.4 Å². The number of rotatable bonds is 8. The quantitative estimate of drug-likeness (QED) is 0.493. The molecule has 4 atom stereocenters. The second-order valence-corrected chi connectivity index (χ2v) is 6.39. The van der Waals surface area contributed by atoms with E-state index >= 15 is 0 Å². The number of fused-ring (bicyclic) bond motifs is 1. The first kappa shape index (κ1) is 10.7. The third-order valence-corrected chi connectivity index (χ3v) is 4.32. The van der Waals surface area contributed by atoms with Crippen LogP contribution in [-0.4, -0.2) is 66.3 Å². The van der Waals surface area contributed by atoms with E-state index in [4.69, 9.17) is 43.6 Å². The number of morpholine rings is 1. The van der Waals surface area contributed by atoms with Gasteiger partial charge in [0.25, 0.3) is 0 Å². The number of phenolic OH excluding ortho intramolecular Hbond substituents is 1. The summed E-state index contributed by atoms with van der Waals surface area (Å²) in [5.74, 6) is -1.45. The van der Waals surface area contributed by atoms with Gasteiger partial charge in [-0.25, -0.2) is 9.97 Å². The first-order valence-electron chi connectivity index (χ1n) is 15.5. The van der Waals surface area contributed by atoms with Gasteiger partial charge in [0, 0.05) is 44.9 Å². The Labute approximate surface area is 204 Å². The number of anilines is 2. The second kappa shape index (κ2) is 10.00. The lowest BCUT2D eigenvalue weighted by Crippen LogP contribution is -2.37. The molecule has 1 aliphatic heterocycles. The molecule has 2 heterocycles. The summed E-state index contributed by atoms with van der Waals surface area (Å²) in [5.41, 5.74) is 0.419. The van der Waals surface area contributed by atoms with Crippen LogP contribution in [-0.2, 0) is 4.74 Å². The summed E-state index contributed by atoms with van der Waals surface area (Å²) in [4.78, 5) is 8.38. The summed E-state index contributed by atoms with van der Waals surface area (Å²) >= 11 is 5.97. The van der Waals surface area contributed by atoms with Gasteiger partial charge in [0.15, 0.2) is 11.5 Å². The largest absolute Gasteiger partial charge is 0.506 e. The van der Waals surface area contributed by atoms with Crippen molar-refractivity contribution in [3.8, 4) is 17.2 Å². The van der Waals surface area contributed by atoms with E-state index < -0.39 is 64.2 Å². The van der Waals surface area contributed by atoms with Gasteiger partial charge in [-0.05, 0) is 30.6 Å². The average molecular weight is 458 g/mol. The lowest BCUT2D eigenvalue weighted by atomic mass is 10.2. The number of benzene rings is 2. The Bertz CT molecular complexity index is 1520. The van der Waals surface area contributed by atoms with Gasteiger partial charge in [-0.2, -0.15) is 0 Å². The van der Waals surface area contributed by atoms with Crippen molar-refractivity contribution in [3.63, 3.8) is 0 Å². The van der Waals surface area contributed by atoms with E-state index in [0.29, 0.717) is 5.69 Å². The maximum atomic E-state index is 9.71. The Morgan fingerprint density at radius 3 is 2.97 bits per heavy atom. The van der Waals surface area contributed by atoms with Gasteiger partial charge in [-0.3, -0.25) is 4.90 Å². The van der Waals surface area contributed by atoms with Crippen molar-refractivity contribution in [2.45, 2.75) is 6.37 Å². The van der Waals surface area contributed by atoms with E-state index in [9.17, 15) is 5.11 Å². The molecule has 0 amide bonds. The number of hydrogen-bond acceptors (Lipinski definition) is 8. The number of nitrogens with one attached hydrogen (secondary N) is 1. The van der Waals surface area contributed by atoms with Gasteiger partial charge in [0.05, 0.1) is 46.9 Å². The molecule has 0 bridgehead atoms. The zero-order valence-corrected chi connectivity index (χ0v) is 16.4. The number of ether oxygens (including phenoxy) is 3. The Balaban J connectivity index is 1.79. The summed E-state index contributed by atoms with van der Waals surface area (Å²) in [6, 6.07) is 6.24. The maximum absolute atomic E-state index is 9.71. The van der Waals surface area contributed by atoms with Gasteiger partial charge in [-0.15, -0.1) is 0 Å². The van der Waals surface area contributed by atoms with Crippen LogP contribution in [0.5, 0.6) is 17.2 Å². The molecule has 0 spiro atoms. The monoisotopic (exact) mass is 457 g/mol. The number of nitrogens with zero attached hydrogens (tertiary/aromatic N) is 3. The number of aromatic nitrogens is 2. The minimum atomic E-state index is -3.74. The summed E-state index contributed by atoms with van der Waals surface area (Å²) < 4.78 is 120. The fraction of sp³-hybridized carbons (Fsp3) is 0.364. The van der Waals surface area contributed by atoms with Crippen molar-refractivity contribution in [3.05, 3.63) is 41.7 Å². The highest BCUT2D eigenvalue weighted by molar-refractivity contribution is 6.32. The highest BCUT2D eigenvalue weighted by Gasteiger charge is 2.13. The first-order chi connectivity index (χ1) is 20.2. The van der Waals surface area contributed by atoms with Crippen LogP contribution in [0.4, 0.5) is 11.5 Å². The van der Waals surface area contributed by atoms with Crippen LogP contribution < -0.4 is 14.8 Å². The van der Waals surface area contributed by atoms with Crippen LogP contribution in [0.3, 0.4) is 0 Å². The van der Waals surface area contributed by atoms with Gasteiger partial charge in [0.2, 0.25) is 0 Å². The fourth-order valence-electron chi connectivity index (χ4n) is 2.58. The van der Waals surface area contributed by atoms with E-state index in [0.717, 1.165) is 18.5 Å². The summed E-state index contributed by atoms with van der Waals surface area (Å²) in [7, 11) is -3.10. The Hall–Kier alpha value is -2.81. The minimum absolute atomic E-state index is 0.00836. The normalized spacial score (nSPS) is 32.0. The molecule has 0 saturated carbocycles. The van der Waals surface area contributed by atoms with E-state index in [2.05, 4.69) is 15.3 Å². The molecule has 1 aromatic heterocycles. The molecule has 2 aromatic carbocycles. The van der Waals surface area contributed by atoms with E-state index in [1.54, 1.807) is 0 Å². The average Bonchev–Trinajstić information content (AvgIpc) is 2.89. The van der Waals surface area contributed by atoms with Crippen molar-refractivity contribution in [1.29, 1.82) is 0 Å². The number of halogens is 1. The predicted octanol–water partition coefficient (Wildman–Crippen LogP) is 3.84. The highest BCUT2D eigenvalue weighted by atomic mass is 35.5. The van der Waals surface area contributed by atoms with Gasteiger partial charge >= 0.3 is 0 Å². The SMILES string of the molecule is [2H]C1OC([2H])C([2H])N(C([2H])([2H])C([2H])([2H])C([2H])([2H])Oc2cc3c(Nc4ccc(O)c(Cl)c4)ncnc3cc2OC([2H])([2H])[2H])C1[2H].